The van der Waals surface area contributed by atoms with Crippen molar-refractivity contribution in [1.82, 2.24) is 14.7 Å². The van der Waals surface area contributed by atoms with E-state index >= 15 is 0 Å². The van der Waals surface area contributed by atoms with Crippen molar-refractivity contribution in [2.75, 3.05) is 25.5 Å². The number of nitrogens with one attached hydrogen (secondary N) is 1. The molecule has 0 atom stereocenters. The zero-order valence-corrected chi connectivity index (χ0v) is 15.8. The second-order valence-corrected chi connectivity index (χ2v) is 6.11. The Hall–Kier alpha value is -2.68. The lowest BCUT2D eigenvalue weighted by Crippen LogP contribution is -2.30. The molecule has 1 aromatic heterocycles. The number of anilines is 1. The monoisotopic (exact) mass is 382 g/mol. The minimum Gasteiger partial charge on any atom is -0.490 e. The maximum Gasteiger partial charge on any atom is 0.387 e. The summed E-state index contributed by atoms with van der Waals surface area (Å²) in [5, 5.41) is 6.98. The molecular weight excluding hydrogens is 358 g/mol. The molecule has 0 saturated carbocycles. The Morgan fingerprint density at radius 3 is 2.67 bits per heavy atom. The second-order valence-electron chi connectivity index (χ2n) is 6.11. The van der Waals surface area contributed by atoms with Gasteiger partial charge in [0.1, 0.15) is 5.82 Å². The van der Waals surface area contributed by atoms with Crippen LogP contribution >= 0.6 is 0 Å². The number of likely N-dealkylation sites (N-methyl/N-ethyl adjacent to an activating group) is 1. The molecule has 0 aliphatic carbocycles. The molecule has 2 aromatic rings. The van der Waals surface area contributed by atoms with Gasteiger partial charge in [-0.05, 0) is 38.6 Å². The van der Waals surface area contributed by atoms with Gasteiger partial charge in [-0.1, -0.05) is 6.07 Å². The van der Waals surface area contributed by atoms with Crippen LogP contribution in [0.5, 0.6) is 11.5 Å². The number of carbonyl (C=O) groups excluding carboxylic acids is 1. The summed E-state index contributed by atoms with van der Waals surface area (Å²) < 4.78 is 36.4. The molecule has 0 bridgehead atoms. The molecule has 0 spiro atoms. The molecule has 0 saturated heterocycles. The molecule has 2 rings (SSSR count). The fourth-order valence-electron chi connectivity index (χ4n) is 2.64. The van der Waals surface area contributed by atoms with Crippen molar-refractivity contribution in [3.8, 4) is 11.5 Å². The van der Waals surface area contributed by atoms with Gasteiger partial charge < -0.3 is 14.8 Å². The van der Waals surface area contributed by atoms with Crippen molar-refractivity contribution in [1.29, 1.82) is 0 Å². The summed E-state index contributed by atoms with van der Waals surface area (Å²) in [6, 6.07) is 6.53. The highest BCUT2D eigenvalue weighted by Gasteiger charge is 2.14. The minimum atomic E-state index is -2.92. The smallest absolute Gasteiger partial charge is 0.387 e. The number of amides is 1. The van der Waals surface area contributed by atoms with Crippen molar-refractivity contribution in [2.45, 2.75) is 27.0 Å². The molecule has 0 unspecified atom stereocenters. The van der Waals surface area contributed by atoms with Crippen LogP contribution in [0.1, 0.15) is 18.2 Å². The molecule has 1 N–H and O–H groups in total. The van der Waals surface area contributed by atoms with Gasteiger partial charge in [-0.25, -0.2) is 0 Å². The summed E-state index contributed by atoms with van der Waals surface area (Å²) in [7, 11) is 3.54. The van der Waals surface area contributed by atoms with Crippen LogP contribution in [0.3, 0.4) is 0 Å². The summed E-state index contributed by atoms with van der Waals surface area (Å²) in [6.45, 7) is 1.60. The second kappa shape index (κ2) is 9.31. The third-order valence-corrected chi connectivity index (χ3v) is 3.66. The van der Waals surface area contributed by atoms with Crippen molar-refractivity contribution in [2.24, 2.45) is 7.05 Å². The first-order valence-corrected chi connectivity index (χ1v) is 8.48. The standard InChI is InChI=1S/C18H24F2N4O3/c1-5-26-15-9-13(6-7-14(15)27-18(19)20)10-23(3)11-17(25)21-16-8-12(2)22-24(16)4/h6-9,18H,5,10-11H2,1-4H3,(H,21,25). The molecule has 27 heavy (non-hydrogen) atoms. The Kier molecular flexibility index (Phi) is 7.12. The van der Waals surface area contributed by atoms with E-state index in [-0.39, 0.29) is 24.0 Å². The molecule has 7 nitrogen and oxygen atoms in total. The highest BCUT2D eigenvalue weighted by molar-refractivity contribution is 5.91. The van der Waals surface area contributed by atoms with Crippen LogP contribution in [0.25, 0.3) is 0 Å². The highest BCUT2D eigenvalue weighted by Crippen LogP contribution is 2.30. The molecule has 0 fully saturated rings. The predicted octanol–water partition coefficient (Wildman–Crippen LogP) is 2.80. The van der Waals surface area contributed by atoms with Gasteiger partial charge in [0.2, 0.25) is 5.91 Å². The van der Waals surface area contributed by atoms with E-state index in [1.165, 1.54) is 6.07 Å². The van der Waals surface area contributed by atoms with Crippen LogP contribution in [-0.2, 0) is 18.4 Å². The van der Waals surface area contributed by atoms with E-state index < -0.39 is 6.61 Å². The molecule has 1 aromatic carbocycles. The number of hydrogen-bond acceptors (Lipinski definition) is 5. The van der Waals surface area contributed by atoms with Crippen molar-refractivity contribution in [3.05, 3.63) is 35.5 Å². The summed E-state index contributed by atoms with van der Waals surface area (Å²) in [6.07, 6.45) is 0. The minimum absolute atomic E-state index is 0.0115. The Morgan fingerprint density at radius 2 is 2.07 bits per heavy atom. The van der Waals surface area contributed by atoms with Crippen LogP contribution in [-0.4, -0.2) is 47.4 Å². The largest absolute Gasteiger partial charge is 0.490 e. The van der Waals surface area contributed by atoms with Crippen molar-refractivity contribution < 1.29 is 23.0 Å². The number of hydrogen-bond donors (Lipinski definition) is 1. The number of aryl methyl sites for hydroxylation is 2. The molecular formula is C18H24F2N4O3. The molecule has 0 aliphatic rings. The summed E-state index contributed by atoms with van der Waals surface area (Å²) in [5.41, 5.74) is 1.63. The maximum absolute atomic E-state index is 12.5. The van der Waals surface area contributed by atoms with Crippen LogP contribution in [0.2, 0.25) is 0 Å². The van der Waals surface area contributed by atoms with Crippen molar-refractivity contribution >= 4 is 11.7 Å². The van der Waals surface area contributed by atoms with E-state index in [9.17, 15) is 13.6 Å². The summed E-state index contributed by atoms with van der Waals surface area (Å²) >= 11 is 0. The maximum atomic E-state index is 12.5. The fraction of sp³-hybridized carbons (Fsp3) is 0.444. The normalized spacial score (nSPS) is 11.1. The number of ether oxygens (including phenoxy) is 2. The van der Waals surface area contributed by atoms with Gasteiger partial charge in [0.05, 0.1) is 18.8 Å². The Bertz CT molecular complexity index is 780. The summed E-state index contributed by atoms with van der Waals surface area (Å²) in [5.74, 6) is 0.683. The number of rotatable bonds is 9. The van der Waals surface area contributed by atoms with Gasteiger partial charge in [-0.3, -0.25) is 14.4 Å². The van der Waals surface area contributed by atoms with Gasteiger partial charge in [0.25, 0.3) is 0 Å². The van der Waals surface area contributed by atoms with E-state index in [1.807, 2.05) is 6.92 Å². The number of carbonyl (C=O) groups is 1. The average molecular weight is 382 g/mol. The van der Waals surface area contributed by atoms with Crippen molar-refractivity contribution in [3.63, 3.8) is 0 Å². The topological polar surface area (TPSA) is 68.6 Å². The first-order chi connectivity index (χ1) is 12.8. The van der Waals surface area contributed by atoms with Crippen LogP contribution < -0.4 is 14.8 Å². The number of alkyl halides is 2. The lowest BCUT2D eigenvalue weighted by atomic mass is 10.2. The third-order valence-electron chi connectivity index (χ3n) is 3.66. The molecule has 0 aliphatic heterocycles. The highest BCUT2D eigenvalue weighted by atomic mass is 19.3. The number of benzene rings is 1. The molecule has 9 heteroatoms. The van der Waals surface area contributed by atoms with E-state index in [0.29, 0.717) is 19.0 Å². The van der Waals surface area contributed by atoms with Gasteiger partial charge in [0, 0.05) is 19.7 Å². The van der Waals surface area contributed by atoms with Crippen LogP contribution in [0, 0.1) is 6.92 Å². The third kappa shape index (κ3) is 6.21. The van der Waals surface area contributed by atoms with E-state index in [0.717, 1.165) is 11.3 Å². The zero-order chi connectivity index (χ0) is 20.0. The van der Waals surface area contributed by atoms with Gasteiger partial charge >= 0.3 is 6.61 Å². The molecule has 0 radical (unpaired) electrons. The Balaban J connectivity index is 1.97. The van der Waals surface area contributed by atoms with E-state index in [2.05, 4.69) is 15.2 Å². The average Bonchev–Trinajstić information content (AvgIpc) is 2.86. The fourth-order valence-corrected chi connectivity index (χ4v) is 2.64. The number of nitrogens with zero attached hydrogens (tertiary/aromatic N) is 3. The number of aromatic nitrogens is 2. The quantitative estimate of drug-likeness (QED) is 0.722. The molecule has 1 amide bonds. The first kappa shape index (κ1) is 20.6. The lowest BCUT2D eigenvalue weighted by Gasteiger charge is -2.18. The zero-order valence-electron chi connectivity index (χ0n) is 15.8. The SMILES string of the molecule is CCOc1cc(CN(C)CC(=O)Nc2cc(C)nn2C)ccc1OC(F)F. The molecule has 1 heterocycles. The molecule has 148 valence electrons. The van der Waals surface area contributed by atoms with Crippen LogP contribution in [0.4, 0.5) is 14.6 Å². The Labute approximate surface area is 156 Å². The van der Waals surface area contributed by atoms with E-state index in [1.54, 1.807) is 48.8 Å². The predicted molar refractivity (Wildman–Crippen MR) is 97.2 cm³/mol. The van der Waals surface area contributed by atoms with Crippen LogP contribution in [0.15, 0.2) is 24.3 Å². The summed E-state index contributed by atoms with van der Waals surface area (Å²) in [4.78, 5) is 14.0. The van der Waals surface area contributed by atoms with Gasteiger partial charge in [-0.15, -0.1) is 0 Å². The van der Waals surface area contributed by atoms with Gasteiger partial charge in [0.15, 0.2) is 11.5 Å². The lowest BCUT2D eigenvalue weighted by molar-refractivity contribution is -0.117. The number of halogens is 2. The van der Waals surface area contributed by atoms with E-state index in [4.69, 9.17) is 4.74 Å². The van der Waals surface area contributed by atoms with Gasteiger partial charge in [-0.2, -0.15) is 13.9 Å². The first-order valence-electron chi connectivity index (χ1n) is 8.48. The Morgan fingerprint density at radius 1 is 1.33 bits per heavy atom.